The van der Waals surface area contributed by atoms with E-state index < -0.39 is 8.07 Å². The van der Waals surface area contributed by atoms with E-state index in [9.17, 15) is 10.5 Å². The number of benzene rings is 7. The summed E-state index contributed by atoms with van der Waals surface area (Å²) in [4.78, 5) is 0. The van der Waals surface area contributed by atoms with Crippen LogP contribution in [0.5, 0.6) is 0 Å². The third-order valence-electron chi connectivity index (χ3n) is 9.42. The van der Waals surface area contributed by atoms with Crippen molar-refractivity contribution in [2.75, 3.05) is 0 Å². The first-order valence-electron chi connectivity index (χ1n) is 16.0. The Morgan fingerprint density at radius 1 is 0.417 bits per heavy atom. The second-order valence-electron chi connectivity index (χ2n) is 11.9. The minimum absolute atomic E-state index is 0.513. The van der Waals surface area contributed by atoms with Gasteiger partial charge in [-0.2, -0.15) is 10.5 Å². The summed E-state index contributed by atoms with van der Waals surface area (Å²) < 4.78 is 2.11. The van der Waals surface area contributed by atoms with Crippen LogP contribution in [0.15, 0.2) is 176 Å². The van der Waals surface area contributed by atoms with E-state index in [2.05, 4.69) is 156 Å². The Labute approximate surface area is 280 Å². The van der Waals surface area contributed by atoms with Gasteiger partial charge < -0.3 is 4.57 Å². The van der Waals surface area contributed by atoms with E-state index in [1.54, 1.807) is 0 Å². The lowest BCUT2D eigenvalue weighted by Crippen LogP contribution is -2.74. The third kappa shape index (κ3) is 4.55. The smallest absolute Gasteiger partial charge is 0.179 e. The van der Waals surface area contributed by atoms with Crippen molar-refractivity contribution in [3.8, 4) is 29.0 Å². The van der Waals surface area contributed by atoms with Gasteiger partial charge >= 0.3 is 0 Å². The van der Waals surface area contributed by atoms with Gasteiger partial charge in [-0.15, -0.1) is 0 Å². The van der Waals surface area contributed by atoms with Crippen molar-refractivity contribution >= 4 is 50.6 Å². The number of hydrogen-bond acceptors (Lipinski definition) is 2. The molecular weight excluding hydrogens is 599 g/mol. The highest BCUT2D eigenvalue weighted by Gasteiger charge is 2.41. The molecule has 0 spiro atoms. The first kappa shape index (κ1) is 29.0. The summed E-state index contributed by atoms with van der Waals surface area (Å²) in [5.41, 5.74) is 5.39. The van der Waals surface area contributed by atoms with Crippen LogP contribution in [0.4, 0.5) is 0 Å². The van der Waals surface area contributed by atoms with E-state index >= 15 is 0 Å². The van der Waals surface area contributed by atoms with E-state index in [1.165, 1.54) is 20.7 Å². The van der Waals surface area contributed by atoms with Crippen molar-refractivity contribution in [2.24, 2.45) is 0 Å². The summed E-state index contributed by atoms with van der Waals surface area (Å²) in [6, 6.07) is 66.2. The summed E-state index contributed by atoms with van der Waals surface area (Å²) in [6.07, 6.45) is 0. The number of para-hydroxylation sites is 2. The maximum atomic E-state index is 10.6. The molecule has 8 rings (SSSR count). The summed E-state index contributed by atoms with van der Waals surface area (Å²) >= 11 is 0. The van der Waals surface area contributed by atoms with Crippen molar-refractivity contribution in [3.05, 3.63) is 187 Å². The van der Waals surface area contributed by atoms with Crippen molar-refractivity contribution in [2.45, 2.75) is 0 Å². The second-order valence-corrected chi connectivity index (χ2v) is 15.7. The maximum absolute atomic E-state index is 10.6. The first-order valence-corrected chi connectivity index (χ1v) is 18.0. The average Bonchev–Trinajstić information content (AvgIpc) is 3.50. The summed E-state index contributed by atoms with van der Waals surface area (Å²) in [5, 5.41) is 28.5. The zero-order valence-corrected chi connectivity index (χ0v) is 27.1. The fourth-order valence-electron chi connectivity index (χ4n) is 7.36. The molecule has 3 nitrogen and oxygen atoms in total. The van der Waals surface area contributed by atoms with E-state index in [4.69, 9.17) is 0 Å². The fourth-order valence-corrected chi connectivity index (χ4v) is 12.2. The van der Waals surface area contributed by atoms with E-state index in [0.29, 0.717) is 16.8 Å². The minimum atomic E-state index is -2.78. The highest BCUT2D eigenvalue weighted by molar-refractivity contribution is 7.19. The van der Waals surface area contributed by atoms with Gasteiger partial charge in [0.2, 0.25) is 0 Å². The van der Waals surface area contributed by atoms with Crippen LogP contribution in [0.3, 0.4) is 0 Å². The molecule has 0 saturated carbocycles. The fraction of sp³-hybridized carbons (Fsp3) is 0. The number of nitriles is 2. The topological polar surface area (TPSA) is 52.5 Å². The van der Waals surface area contributed by atoms with Gasteiger partial charge in [0.05, 0.1) is 33.9 Å². The second kappa shape index (κ2) is 12.0. The Hall–Kier alpha value is -6.46. The number of fused-ring (bicyclic) bond motifs is 3. The highest BCUT2D eigenvalue weighted by Crippen LogP contribution is 2.35. The normalized spacial score (nSPS) is 11.3. The highest BCUT2D eigenvalue weighted by atomic mass is 28.3. The van der Waals surface area contributed by atoms with Crippen LogP contribution in [0.1, 0.15) is 11.1 Å². The Balaban J connectivity index is 1.38. The predicted molar refractivity (Wildman–Crippen MR) is 199 cm³/mol. The maximum Gasteiger partial charge on any atom is 0.179 e. The molecule has 8 aromatic rings. The lowest BCUT2D eigenvalue weighted by atomic mass is 9.96. The Morgan fingerprint density at radius 2 is 0.875 bits per heavy atom. The molecule has 1 aromatic heterocycles. The van der Waals surface area contributed by atoms with E-state index in [0.717, 1.165) is 32.9 Å². The van der Waals surface area contributed by atoms with Crippen LogP contribution in [0, 0.1) is 22.7 Å². The molecule has 1 heterocycles. The Morgan fingerprint density at radius 3 is 1.38 bits per heavy atom. The van der Waals surface area contributed by atoms with Crippen LogP contribution < -0.4 is 20.7 Å². The van der Waals surface area contributed by atoms with Gasteiger partial charge in [-0.3, -0.25) is 0 Å². The van der Waals surface area contributed by atoms with Gasteiger partial charge in [0.15, 0.2) is 8.07 Å². The van der Waals surface area contributed by atoms with Gasteiger partial charge in [0.1, 0.15) is 6.07 Å². The third-order valence-corrected chi connectivity index (χ3v) is 14.2. The molecule has 0 bridgehead atoms. The van der Waals surface area contributed by atoms with Crippen molar-refractivity contribution in [3.63, 3.8) is 0 Å². The Bertz CT molecular complexity index is 2370. The number of rotatable bonds is 6. The number of nitrogens with zero attached hydrogens (tertiary/aromatic N) is 3. The van der Waals surface area contributed by atoms with Crippen molar-refractivity contribution in [1.82, 2.24) is 4.57 Å². The van der Waals surface area contributed by atoms with Gasteiger partial charge in [-0.25, -0.2) is 0 Å². The molecule has 0 saturated heterocycles. The van der Waals surface area contributed by atoms with Crippen molar-refractivity contribution in [1.29, 1.82) is 10.5 Å². The molecule has 0 atom stereocenters. The molecule has 0 radical (unpaired) electrons. The van der Waals surface area contributed by atoms with Crippen LogP contribution in [-0.2, 0) is 0 Å². The Kier molecular flexibility index (Phi) is 7.27. The summed E-state index contributed by atoms with van der Waals surface area (Å²) in [5.74, 6) is 0. The van der Waals surface area contributed by atoms with Crippen LogP contribution in [-0.4, -0.2) is 12.6 Å². The van der Waals surface area contributed by atoms with Crippen LogP contribution in [0.2, 0.25) is 0 Å². The monoisotopic (exact) mass is 627 g/mol. The molecule has 224 valence electrons. The molecule has 0 fully saturated rings. The minimum Gasteiger partial charge on any atom is -0.308 e. The van der Waals surface area contributed by atoms with Gasteiger partial charge in [-0.1, -0.05) is 152 Å². The number of aromatic nitrogens is 1. The van der Waals surface area contributed by atoms with Gasteiger partial charge in [-0.05, 0) is 50.6 Å². The van der Waals surface area contributed by atoms with E-state index in [-0.39, 0.29) is 0 Å². The standard InChI is InChI=1S/C44H29N3Si/c45-30-33-29-44(47-42-25-12-10-23-39(42)40-24-11-13-26-43(40)47)34(31-46)28-41(33)32-15-14-22-38(27-32)48(35-16-4-1-5-17-35,36-18-6-2-7-19-36)37-20-8-3-9-21-37/h1-29H. The van der Waals surface area contributed by atoms with Crippen molar-refractivity contribution < 1.29 is 0 Å². The zero-order chi connectivity index (χ0) is 32.5. The zero-order valence-electron chi connectivity index (χ0n) is 26.1. The molecule has 0 N–H and O–H groups in total. The first-order chi connectivity index (χ1) is 23.7. The van der Waals surface area contributed by atoms with Crippen LogP contribution >= 0.6 is 0 Å². The molecular formula is C44H29N3Si. The molecule has 0 amide bonds. The summed E-state index contributed by atoms with van der Waals surface area (Å²) in [6.45, 7) is 0. The molecule has 48 heavy (non-hydrogen) atoms. The van der Waals surface area contributed by atoms with Gasteiger partial charge in [0, 0.05) is 16.3 Å². The lowest BCUT2D eigenvalue weighted by Gasteiger charge is -2.34. The molecule has 0 aliphatic heterocycles. The molecule has 0 aliphatic carbocycles. The average molecular weight is 628 g/mol. The quantitative estimate of drug-likeness (QED) is 0.141. The number of hydrogen-bond donors (Lipinski definition) is 0. The molecule has 7 aromatic carbocycles. The molecule has 0 unspecified atom stereocenters. The predicted octanol–water partition coefficient (Wildman–Crippen LogP) is 7.57. The molecule has 4 heteroatoms. The van der Waals surface area contributed by atoms with E-state index in [1.807, 2.05) is 36.4 Å². The van der Waals surface area contributed by atoms with Crippen LogP contribution in [0.25, 0.3) is 38.6 Å². The largest absolute Gasteiger partial charge is 0.308 e. The summed E-state index contributed by atoms with van der Waals surface area (Å²) in [7, 11) is -2.78. The lowest BCUT2D eigenvalue weighted by molar-refractivity contribution is 1.16. The SMILES string of the molecule is N#Cc1cc(-n2c3ccccc3c3ccccc32)c(C#N)cc1-c1cccc([Si](c2ccccc2)(c2ccccc2)c2ccccc2)c1. The molecule has 0 aliphatic rings. The van der Waals surface area contributed by atoms with Gasteiger partial charge in [0.25, 0.3) is 0 Å².